The van der Waals surface area contributed by atoms with Crippen LogP contribution in [0, 0.1) is 0 Å². The number of hydrogen-bond donors (Lipinski definition) is 6. The molecule has 0 aliphatic rings. The van der Waals surface area contributed by atoms with Crippen molar-refractivity contribution in [1.82, 2.24) is 30.8 Å². The highest BCUT2D eigenvalue weighted by Gasteiger charge is 2.16. The molecule has 1 rings (SSSR count). The van der Waals surface area contributed by atoms with Gasteiger partial charge in [-0.3, -0.25) is 20.0 Å². The van der Waals surface area contributed by atoms with Crippen LogP contribution in [0.1, 0.15) is 10.5 Å². The SMILES string of the molecule is CNCCN(CCN=C(N)NC(=O)c1nc(Cl)c(N)nc1N)CCNC. The summed E-state index contributed by atoms with van der Waals surface area (Å²) in [6.07, 6.45) is 0. The molecule has 0 atom stereocenters. The second kappa shape index (κ2) is 11.4. The molecule has 1 aromatic rings. The van der Waals surface area contributed by atoms with Gasteiger partial charge in [0.05, 0.1) is 6.54 Å². The summed E-state index contributed by atoms with van der Waals surface area (Å²) in [4.78, 5) is 26.1. The molecule has 146 valence electrons. The van der Waals surface area contributed by atoms with Gasteiger partial charge >= 0.3 is 0 Å². The summed E-state index contributed by atoms with van der Waals surface area (Å²) in [7, 11) is 3.81. The second-order valence-corrected chi connectivity index (χ2v) is 5.76. The first-order valence-corrected chi connectivity index (χ1v) is 8.48. The molecule has 26 heavy (non-hydrogen) atoms. The van der Waals surface area contributed by atoms with E-state index in [1.807, 2.05) is 14.1 Å². The highest BCUT2D eigenvalue weighted by atomic mass is 35.5. The molecule has 0 saturated carbocycles. The minimum atomic E-state index is -0.652. The molecule has 11 nitrogen and oxygen atoms in total. The Labute approximate surface area is 157 Å². The molecule has 0 radical (unpaired) electrons. The lowest BCUT2D eigenvalue weighted by Gasteiger charge is -2.21. The van der Waals surface area contributed by atoms with Crippen molar-refractivity contribution < 1.29 is 4.79 Å². The fraction of sp³-hybridized carbons (Fsp3) is 0.571. The van der Waals surface area contributed by atoms with Gasteiger partial charge in [-0.2, -0.15) is 0 Å². The van der Waals surface area contributed by atoms with Crippen LogP contribution in [-0.2, 0) is 0 Å². The zero-order chi connectivity index (χ0) is 19.5. The third-order valence-corrected chi connectivity index (χ3v) is 3.69. The Kier molecular flexibility index (Phi) is 9.58. The molecule has 0 saturated heterocycles. The molecule has 0 fully saturated rings. The highest BCUT2D eigenvalue weighted by Crippen LogP contribution is 2.16. The number of hydrogen-bond acceptors (Lipinski definition) is 9. The smallest absolute Gasteiger partial charge is 0.280 e. The van der Waals surface area contributed by atoms with Gasteiger partial charge in [-0.05, 0) is 14.1 Å². The number of rotatable bonds is 10. The van der Waals surface area contributed by atoms with Crippen molar-refractivity contribution in [3.05, 3.63) is 10.8 Å². The molecule has 9 N–H and O–H groups in total. The summed E-state index contributed by atoms with van der Waals surface area (Å²) in [6.45, 7) is 4.65. The lowest BCUT2D eigenvalue weighted by atomic mass is 10.4. The van der Waals surface area contributed by atoms with Gasteiger partial charge in [0.25, 0.3) is 5.91 Å². The third-order valence-electron chi connectivity index (χ3n) is 3.42. The van der Waals surface area contributed by atoms with E-state index in [4.69, 9.17) is 28.8 Å². The molecule has 0 aliphatic carbocycles. The second-order valence-electron chi connectivity index (χ2n) is 5.40. The van der Waals surface area contributed by atoms with Crippen molar-refractivity contribution >= 4 is 35.1 Å². The van der Waals surface area contributed by atoms with E-state index in [1.165, 1.54) is 0 Å². The molecule has 0 spiro atoms. The molecular formula is C14H27ClN10O. The van der Waals surface area contributed by atoms with E-state index in [1.54, 1.807) is 0 Å². The maximum absolute atomic E-state index is 12.1. The summed E-state index contributed by atoms with van der Waals surface area (Å²) in [5, 5.41) is 8.52. The zero-order valence-electron chi connectivity index (χ0n) is 15.0. The van der Waals surface area contributed by atoms with Gasteiger partial charge in [0.1, 0.15) is 0 Å². The predicted octanol–water partition coefficient (Wildman–Crippen LogP) is -1.92. The van der Waals surface area contributed by atoms with Crippen molar-refractivity contribution in [3.8, 4) is 0 Å². The predicted molar refractivity (Wildman–Crippen MR) is 104 cm³/mol. The van der Waals surface area contributed by atoms with Crippen molar-refractivity contribution in [2.24, 2.45) is 10.7 Å². The lowest BCUT2D eigenvalue weighted by molar-refractivity contribution is 0.0972. The monoisotopic (exact) mass is 386 g/mol. The van der Waals surface area contributed by atoms with Gasteiger partial charge in [-0.15, -0.1) is 0 Å². The molecule has 1 aromatic heterocycles. The maximum atomic E-state index is 12.1. The van der Waals surface area contributed by atoms with E-state index in [0.717, 1.165) is 26.2 Å². The highest BCUT2D eigenvalue weighted by molar-refractivity contribution is 6.31. The van der Waals surface area contributed by atoms with E-state index in [-0.39, 0.29) is 28.4 Å². The maximum Gasteiger partial charge on any atom is 0.280 e. The van der Waals surface area contributed by atoms with Crippen LogP contribution in [0.25, 0.3) is 0 Å². The largest absolute Gasteiger partial charge is 0.382 e. The fourth-order valence-electron chi connectivity index (χ4n) is 2.01. The van der Waals surface area contributed by atoms with Gasteiger partial charge in [-0.25, -0.2) is 9.97 Å². The molecule has 0 bridgehead atoms. The average molecular weight is 387 g/mol. The number of carbonyl (C=O) groups is 1. The van der Waals surface area contributed by atoms with Crippen molar-refractivity contribution in [2.75, 3.05) is 64.8 Å². The molecule has 0 aliphatic heterocycles. The zero-order valence-corrected chi connectivity index (χ0v) is 15.8. The van der Waals surface area contributed by atoms with Crippen LogP contribution in [0.4, 0.5) is 11.6 Å². The lowest BCUT2D eigenvalue weighted by Crippen LogP contribution is -2.40. The topological polar surface area (TPSA) is 173 Å². The van der Waals surface area contributed by atoms with Crippen LogP contribution in [0.15, 0.2) is 4.99 Å². The number of nitrogen functional groups attached to an aromatic ring is 2. The van der Waals surface area contributed by atoms with Crippen LogP contribution in [0.5, 0.6) is 0 Å². The number of amides is 1. The van der Waals surface area contributed by atoms with Crippen LogP contribution >= 0.6 is 11.6 Å². The minimum Gasteiger partial charge on any atom is -0.382 e. The number of aromatic nitrogens is 2. The number of aliphatic imine (C=N–C) groups is 1. The number of nitrogens with one attached hydrogen (secondary N) is 3. The Bertz CT molecular complexity index is 616. The van der Waals surface area contributed by atoms with Crippen LogP contribution < -0.4 is 33.2 Å². The summed E-state index contributed by atoms with van der Waals surface area (Å²) in [5.41, 5.74) is 16.7. The minimum absolute atomic E-state index is 0.0358. The first-order chi connectivity index (χ1) is 12.4. The Balaban J connectivity index is 2.58. The van der Waals surface area contributed by atoms with E-state index >= 15 is 0 Å². The van der Waals surface area contributed by atoms with Crippen LogP contribution in [0.3, 0.4) is 0 Å². The number of nitrogens with zero attached hydrogens (tertiary/aromatic N) is 4. The van der Waals surface area contributed by atoms with Crippen molar-refractivity contribution in [1.29, 1.82) is 0 Å². The Morgan fingerprint density at radius 3 is 2.31 bits per heavy atom. The van der Waals surface area contributed by atoms with Gasteiger partial charge in [0, 0.05) is 32.7 Å². The number of nitrogens with two attached hydrogens (primary N) is 3. The van der Waals surface area contributed by atoms with Gasteiger partial charge in [-0.1, -0.05) is 11.6 Å². The van der Waals surface area contributed by atoms with Crippen LogP contribution in [0.2, 0.25) is 5.15 Å². The molecule has 0 aromatic carbocycles. The Morgan fingerprint density at radius 1 is 1.12 bits per heavy atom. The van der Waals surface area contributed by atoms with Crippen molar-refractivity contribution in [3.63, 3.8) is 0 Å². The summed E-state index contributed by atoms with van der Waals surface area (Å²) < 4.78 is 0. The number of carbonyl (C=O) groups excluding carboxylic acids is 1. The van der Waals surface area contributed by atoms with E-state index in [0.29, 0.717) is 13.1 Å². The van der Waals surface area contributed by atoms with E-state index < -0.39 is 5.91 Å². The standard InChI is InChI=1S/C14H27ClN10O/c1-19-3-6-25(7-4-20-2)8-5-21-14(18)24-13(26)9-11(16)23-12(17)10(15)22-9/h19-20H,3-8H2,1-2H3,(H4,16,17,23)(H3,18,21,24,26). The quantitative estimate of drug-likeness (QED) is 0.198. The van der Waals surface area contributed by atoms with Crippen LogP contribution in [-0.4, -0.2) is 80.1 Å². The summed E-state index contributed by atoms with van der Waals surface area (Å²) in [6, 6.07) is 0. The Hall–Kier alpha value is -2.21. The summed E-state index contributed by atoms with van der Waals surface area (Å²) in [5.74, 6) is -0.875. The molecule has 1 heterocycles. The normalized spacial score (nSPS) is 11.8. The third kappa shape index (κ3) is 7.35. The molecule has 0 unspecified atom stereocenters. The van der Waals surface area contributed by atoms with E-state index in [2.05, 4.69) is 35.8 Å². The molecular weight excluding hydrogens is 360 g/mol. The van der Waals surface area contributed by atoms with E-state index in [9.17, 15) is 4.79 Å². The Morgan fingerprint density at radius 2 is 1.73 bits per heavy atom. The van der Waals surface area contributed by atoms with Gasteiger partial charge in [0.2, 0.25) is 0 Å². The molecule has 12 heteroatoms. The first-order valence-electron chi connectivity index (χ1n) is 8.10. The number of guanidine groups is 1. The average Bonchev–Trinajstić information content (AvgIpc) is 2.59. The molecule has 1 amide bonds. The van der Waals surface area contributed by atoms with Gasteiger partial charge < -0.3 is 27.8 Å². The summed E-state index contributed by atoms with van der Waals surface area (Å²) >= 11 is 5.76. The fourth-order valence-corrected chi connectivity index (χ4v) is 2.14. The number of halogens is 1. The van der Waals surface area contributed by atoms with Gasteiger partial charge in [0.15, 0.2) is 28.4 Å². The van der Waals surface area contributed by atoms with Crippen molar-refractivity contribution in [2.45, 2.75) is 0 Å². The number of likely N-dealkylation sites (N-methyl/N-ethyl adjacent to an activating group) is 2. The first kappa shape index (κ1) is 21.8. The number of anilines is 2.